The standard InChI is InChI=1S/C19H19Cl2NO/c1-3-13-6-5-7-14(4-2)19(13)22-18(23)11-9-15-8-10-16(20)12-17(15)21/h5-12H,3-4H2,1-2H3,(H,22,23). The molecule has 0 heterocycles. The summed E-state index contributed by atoms with van der Waals surface area (Å²) in [5, 5.41) is 4.08. The summed E-state index contributed by atoms with van der Waals surface area (Å²) in [6, 6.07) is 11.3. The number of rotatable bonds is 5. The first-order valence-corrected chi connectivity index (χ1v) is 8.35. The zero-order chi connectivity index (χ0) is 16.8. The Morgan fingerprint density at radius 1 is 1.09 bits per heavy atom. The lowest BCUT2D eigenvalue weighted by Gasteiger charge is -2.13. The molecule has 0 atom stereocenters. The molecule has 0 unspecified atom stereocenters. The smallest absolute Gasteiger partial charge is 0.248 e. The maximum Gasteiger partial charge on any atom is 0.248 e. The molecule has 0 radical (unpaired) electrons. The van der Waals surface area contributed by atoms with Crippen LogP contribution >= 0.6 is 23.2 Å². The predicted molar refractivity (Wildman–Crippen MR) is 99.3 cm³/mol. The molecular weight excluding hydrogens is 329 g/mol. The molecule has 23 heavy (non-hydrogen) atoms. The van der Waals surface area contributed by atoms with Gasteiger partial charge in [-0.25, -0.2) is 0 Å². The monoisotopic (exact) mass is 347 g/mol. The summed E-state index contributed by atoms with van der Waals surface area (Å²) in [6.07, 6.45) is 4.92. The minimum Gasteiger partial charge on any atom is -0.322 e. The van der Waals surface area contributed by atoms with Crippen LogP contribution in [0, 0.1) is 0 Å². The fraction of sp³-hybridized carbons (Fsp3) is 0.211. The average Bonchev–Trinajstić information content (AvgIpc) is 2.54. The second kappa shape index (κ2) is 8.19. The van der Waals surface area contributed by atoms with E-state index in [1.165, 1.54) is 6.08 Å². The van der Waals surface area contributed by atoms with Crippen LogP contribution in [0.1, 0.15) is 30.5 Å². The van der Waals surface area contributed by atoms with Gasteiger partial charge in [-0.2, -0.15) is 0 Å². The lowest BCUT2D eigenvalue weighted by Crippen LogP contribution is -2.11. The third-order valence-electron chi connectivity index (χ3n) is 3.62. The number of benzene rings is 2. The third kappa shape index (κ3) is 4.60. The molecule has 2 aromatic carbocycles. The Labute approximate surface area is 147 Å². The van der Waals surface area contributed by atoms with Crippen LogP contribution in [0.4, 0.5) is 5.69 Å². The van der Waals surface area contributed by atoms with Gasteiger partial charge < -0.3 is 5.32 Å². The lowest BCUT2D eigenvalue weighted by molar-refractivity contribution is -0.111. The van der Waals surface area contributed by atoms with E-state index in [9.17, 15) is 4.79 Å². The fourth-order valence-corrected chi connectivity index (χ4v) is 2.84. The van der Waals surface area contributed by atoms with Gasteiger partial charge in [-0.3, -0.25) is 4.79 Å². The van der Waals surface area contributed by atoms with Crippen molar-refractivity contribution in [1.82, 2.24) is 0 Å². The van der Waals surface area contributed by atoms with Gasteiger partial charge >= 0.3 is 0 Å². The van der Waals surface area contributed by atoms with Crippen molar-refractivity contribution < 1.29 is 4.79 Å². The first-order valence-electron chi connectivity index (χ1n) is 7.60. The Hall–Kier alpha value is -1.77. The maximum absolute atomic E-state index is 12.2. The number of hydrogen-bond donors (Lipinski definition) is 1. The van der Waals surface area contributed by atoms with Gasteiger partial charge in [0.15, 0.2) is 0 Å². The molecule has 0 bridgehead atoms. The Kier molecular flexibility index (Phi) is 6.26. The number of aryl methyl sites for hydroxylation is 2. The van der Waals surface area contributed by atoms with E-state index in [-0.39, 0.29) is 5.91 Å². The van der Waals surface area contributed by atoms with Gasteiger partial charge in [-0.15, -0.1) is 0 Å². The average molecular weight is 348 g/mol. The molecule has 1 amide bonds. The highest BCUT2D eigenvalue weighted by molar-refractivity contribution is 6.35. The van der Waals surface area contributed by atoms with Crippen molar-refractivity contribution in [2.24, 2.45) is 0 Å². The summed E-state index contributed by atoms with van der Waals surface area (Å²) in [6.45, 7) is 4.15. The van der Waals surface area contributed by atoms with Gasteiger partial charge in [0.2, 0.25) is 5.91 Å². The summed E-state index contributed by atoms with van der Waals surface area (Å²) in [7, 11) is 0. The molecule has 4 heteroatoms. The van der Waals surface area contributed by atoms with E-state index >= 15 is 0 Å². The van der Waals surface area contributed by atoms with Crippen molar-refractivity contribution in [2.45, 2.75) is 26.7 Å². The van der Waals surface area contributed by atoms with Crippen molar-refractivity contribution in [3.05, 3.63) is 69.2 Å². The van der Waals surface area contributed by atoms with Crippen LogP contribution in [0.5, 0.6) is 0 Å². The SMILES string of the molecule is CCc1cccc(CC)c1NC(=O)C=Cc1ccc(Cl)cc1Cl. The van der Waals surface area contributed by atoms with E-state index in [0.29, 0.717) is 10.0 Å². The Morgan fingerprint density at radius 2 is 1.74 bits per heavy atom. The molecule has 0 saturated carbocycles. The third-order valence-corrected chi connectivity index (χ3v) is 4.19. The van der Waals surface area contributed by atoms with E-state index in [1.807, 2.05) is 18.2 Å². The first-order chi connectivity index (χ1) is 11.0. The van der Waals surface area contributed by atoms with Gasteiger partial charge in [0.25, 0.3) is 0 Å². The highest BCUT2D eigenvalue weighted by atomic mass is 35.5. The number of carbonyl (C=O) groups excluding carboxylic acids is 1. The van der Waals surface area contributed by atoms with Crippen molar-refractivity contribution in [2.75, 3.05) is 5.32 Å². The minimum atomic E-state index is -0.174. The normalized spacial score (nSPS) is 11.0. The maximum atomic E-state index is 12.2. The van der Waals surface area contributed by atoms with Crippen molar-refractivity contribution in [3.63, 3.8) is 0 Å². The van der Waals surface area contributed by atoms with E-state index in [4.69, 9.17) is 23.2 Å². The molecule has 2 nitrogen and oxygen atoms in total. The van der Waals surface area contributed by atoms with Crippen molar-refractivity contribution in [1.29, 1.82) is 0 Å². The van der Waals surface area contributed by atoms with Crippen molar-refractivity contribution >= 4 is 40.9 Å². The van der Waals surface area contributed by atoms with Gasteiger partial charge in [-0.1, -0.05) is 61.3 Å². The van der Waals surface area contributed by atoms with E-state index in [1.54, 1.807) is 24.3 Å². The summed E-state index contributed by atoms with van der Waals surface area (Å²) in [4.78, 5) is 12.2. The Balaban J connectivity index is 2.18. The lowest BCUT2D eigenvalue weighted by atomic mass is 10.0. The first kappa shape index (κ1) is 17.6. The molecule has 0 aromatic heterocycles. The van der Waals surface area contributed by atoms with E-state index in [0.717, 1.165) is 35.2 Å². The van der Waals surface area contributed by atoms with Gasteiger partial charge in [-0.05, 0) is 47.7 Å². The predicted octanol–water partition coefficient (Wildman–Crippen LogP) is 5.77. The van der Waals surface area contributed by atoms with Crippen LogP contribution in [-0.2, 0) is 17.6 Å². The number of halogens is 2. The van der Waals surface area contributed by atoms with Crippen LogP contribution < -0.4 is 5.32 Å². The summed E-state index contributed by atoms with van der Waals surface area (Å²) >= 11 is 12.0. The molecular formula is C19H19Cl2NO. The molecule has 0 spiro atoms. The topological polar surface area (TPSA) is 29.1 Å². The summed E-state index contributed by atoms with van der Waals surface area (Å²) in [5.74, 6) is -0.174. The molecule has 0 aliphatic heterocycles. The molecule has 0 aliphatic carbocycles. The molecule has 0 aliphatic rings. The summed E-state index contributed by atoms with van der Waals surface area (Å²) < 4.78 is 0. The van der Waals surface area contributed by atoms with E-state index < -0.39 is 0 Å². The molecule has 120 valence electrons. The van der Waals surface area contributed by atoms with Gasteiger partial charge in [0.05, 0.1) is 0 Å². The molecule has 0 saturated heterocycles. The fourth-order valence-electron chi connectivity index (χ4n) is 2.37. The van der Waals surface area contributed by atoms with Crippen LogP contribution in [0.25, 0.3) is 6.08 Å². The number of anilines is 1. The quantitative estimate of drug-likeness (QED) is 0.683. The Bertz CT molecular complexity index is 716. The second-order valence-corrected chi connectivity index (χ2v) is 5.99. The van der Waals surface area contributed by atoms with Gasteiger partial charge in [0, 0.05) is 21.8 Å². The zero-order valence-electron chi connectivity index (χ0n) is 13.2. The van der Waals surface area contributed by atoms with Crippen LogP contribution in [0.15, 0.2) is 42.5 Å². The number of para-hydroxylation sites is 1. The molecule has 1 N–H and O–H groups in total. The molecule has 2 rings (SSSR count). The number of carbonyl (C=O) groups is 1. The van der Waals surface area contributed by atoms with Crippen LogP contribution in [0.2, 0.25) is 10.0 Å². The largest absolute Gasteiger partial charge is 0.322 e. The minimum absolute atomic E-state index is 0.174. The van der Waals surface area contributed by atoms with Gasteiger partial charge in [0.1, 0.15) is 0 Å². The second-order valence-electron chi connectivity index (χ2n) is 5.15. The highest BCUT2D eigenvalue weighted by Gasteiger charge is 2.08. The van der Waals surface area contributed by atoms with E-state index in [2.05, 4.69) is 19.2 Å². The highest BCUT2D eigenvalue weighted by Crippen LogP contribution is 2.24. The van der Waals surface area contributed by atoms with Crippen molar-refractivity contribution in [3.8, 4) is 0 Å². The summed E-state index contributed by atoms with van der Waals surface area (Å²) in [5.41, 5.74) is 3.94. The number of hydrogen-bond acceptors (Lipinski definition) is 1. The number of nitrogens with one attached hydrogen (secondary N) is 1. The molecule has 2 aromatic rings. The molecule has 0 fully saturated rings. The van der Waals surface area contributed by atoms with Crippen LogP contribution in [-0.4, -0.2) is 5.91 Å². The number of amides is 1. The zero-order valence-corrected chi connectivity index (χ0v) is 14.7. The Morgan fingerprint density at radius 3 is 2.30 bits per heavy atom. The van der Waals surface area contributed by atoms with Crippen LogP contribution in [0.3, 0.4) is 0 Å².